The summed E-state index contributed by atoms with van der Waals surface area (Å²) in [5.41, 5.74) is 0.625. The van der Waals surface area contributed by atoms with Crippen LogP contribution in [0.4, 0.5) is 0 Å². The van der Waals surface area contributed by atoms with E-state index in [1.165, 1.54) is 17.4 Å². The van der Waals surface area contributed by atoms with Gasteiger partial charge in [0.15, 0.2) is 5.06 Å². The third-order valence-electron chi connectivity index (χ3n) is 3.53. The van der Waals surface area contributed by atoms with Crippen LogP contribution in [0.25, 0.3) is 0 Å². The Labute approximate surface area is 133 Å². The van der Waals surface area contributed by atoms with Crippen molar-refractivity contribution in [1.82, 2.24) is 4.31 Å². The lowest BCUT2D eigenvalue weighted by Gasteiger charge is -2.38. The van der Waals surface area contributed by atoms with Gasteiger partial charge >= 0.3 is 0 Å². The lowest BCUT2D eigenvalue weighted by Crippen LogP contribution is -2.57. The van der Waals surface area contributed by atoms with E-state index < -0.39 is 16.1 Å². The minimum atomic E-state index is -3.82. The van der Waals surface area contributed by atoms with Crippen LogP contribution in [0.2, 0.25) is 0 Å². The molecule has 22 heavy (non-hydrogen) atoms. The number of thiophene rings is 1. The monoisotopic (exact) mass is 337 g/mol. The molecule has 0 bridgehead atoms. The fourth-order valence-corrected chi connectivity index (χ4v) is 4.79. The Morgan fingerprint density at radius 3 is 2.68 bits per heavy atom. The molecule has 3 rings (SSSR count). The first-order valence-corrected chi connectivity index (χ1v) is 9.11. The van der Waals surface area contributed by atoms with E-state index in [2.05, 4.69) is 0 Å². The van der Waals surface area contributed by atoms with E-state index in [0.717, 1.165) is 4.31 Å². The highest BCUT2D eigenvalue weighted by Gasteiger charge is 2.45. The van der Waals surface area contributed by atoms with Crippen molar-refractivity contribution in [2.75, 3.05) is 6.61 Å². The molecule has 0 spiro atoms. The van der Waals surface area contributed by atoms with Gasteiger partial charge in [-0.2, -0.15) is 0 Å². The van der Waals surface area contributed by atoms with Gasteiger partial charge in [-0.25, -0.2) is 12.7 Å². The standard InChI is InChI=1S/C15H15NO4S2/c1-11-5-2-3-6-13(11)22(18,19)16-12(9-14(16)17)10-20-15-7-4-8-21-15/h2-8,12H,9-10H2,1H3/t12-/m0/s1. The Hall–Kier alpha value is -1.86. The van der Waals surface area contributed by atoms with Crippen LogP contribution in [-0.4, -0.2) is 31.3 Å². The number of rotatable bonds is 5. The summed E-state index contributed by atoms with van der Waals surface area (Å²) in [5, 5.41) is 2.59. The van der Waals surface area contributed by atoms with Gasteiger partial charge in [0.1, 0.15) is 6.61 Å². The number of hydrogen-bond donors (Lipinski definition) is 0. The molecule has 116 valence electrons. The topological polar surface area (TPSA) is 63.7 Å². The van der Waals surface area contributed by atoms with E-state index in [0.29, 0.717) is 10.6 Å². The third-order valence-corrected chi connectivity index (χ3v) is 6.34. The Morgan fingerprint density at radius 1 is 1.27 bits per heavy atom. The van der Waals surface area contributed by atoms with E-state index in [4.69, 9.17) is 4.74 Å². The summed E-state index contributed by atoms with van der Waals surface area (Å²) in [4.78, 5) is 12.0. The summed E-state index contributed by atoms with van der Waals surface area (Å²) in [5.74, 6) is -0.386. The van der Waals surface area contributed by atoms with Crippen molar-refractivity contribution < 1.29 is 17.9 Å². The van der Waals surface area contributed by atoms with Gasteiger partial charge in [0.25, 0.3) is 10.0 Å². The second kappa shape index (κ2) is 5.73. The van der Waals surface area contributed by atoms with Crippen molar-refractivity contribution >= 4 is 27.3 Å². The van der Waals surface area contributed by atoms with E-state index in [1.807, 2.05) is 17.5 Å². The van der Waals surface area contributed by atoms with Crippen LogP contribution >= 0.6 is 11.3 Å². The highest BCUT2D eigenvalue weighted by molar-refractivity contribution is 7.89. The maximum atomic E-state index is 12.7. The van der Waals surface area contributed by atoms with Crippen LogP contribution in [0.5, 0.6) is 5.06 Å². The van der Waals surface area contributed by atoms with Gasteiger partial charge in [0.05, 0.1) is 17.4 Å². The van der Waals surface area contributed by atoms with Gasteiger partial charge in [-0.15, -0.1) is 11.3 Å². The number of benzene rings is 1. The predicted molar refractivity (Wildman–Crippen MR) is 83.4 cm³/mol. The van der Waals surface area contributed by atoms with Gasteiger partial charge in [-0.1, -0.05) is 18.2 Å². The summed E-state index contributed by atoms with van der Waals surface area (Å²) in [6.45, 7) is 1.89. The van der Waals surface area contributed by atoms with Crippen molar-refractivity contribution in [2.24, 2.45) is 0 Å². The first kappa shape index (κ1) is 15.1. The summed E-state index contributed by atoms with van der Waals surface area (Å²) >= 11 is 1.43. The molecule has 1 saturated heterocycles. The quantitative estimate of drug-likeness (QED) is 0.786. The van der Waals surface area contributed by atoms with Crippen molar-refractivity contribution in [3.05, 3.63) is 47.3 Å². The molecule has 0 unspecified atom stereocenters. The maximum absolute atomic E-state index is 12.7. The van der Waals surface area contributed by atoms with Gasteiger partial charge in [0.2, 0.25) is 5.91 Å². The zero-order valence-electron chi connectivity index (χ0n) is 11.9. The molecule has 1 amide bonds. The lowest BCUT2D eigenvalue weighted by molar-refractivity contribution is -0.138. The average molecular weight is 337 g/mol. The van der Waals surface area contributed by atoms with Crippen LogP contribution in [0.3, 0.4) is 0 Å². The Morgan fingerprint density at radius 2 is 2.05 bits per heavy atom. The number of amides is 1. The number of sulfonamides is 1. The number of carbonyl (C=O) groups excluding carboxylic acids is 1. The van der Waals surface area contributed by atoms with E-state index in [-0.39, 0.29) is 23.8 Å². The van der Waals surface area contributed by atoms with Crippen LogP contribution < -0.4 is 4.74 Å². The Kier molecular flexibility index (Phi) is 3.92. The Balaban J connectivity index is 1.80. The van der Waals surface area contributed by atoms with Crippen molar-refractivity contribution in [3.63, 3.8) is 0 Å². The number of aryl methyl sites for hydroxylation is 1. The average Bonchev–Trinajstić information content (AvgIpc) is 2.96. The molecule has 0 aliphatic carbocycles. The van der Waals surface area contributed by atoms with Gasteiger partial charge in [0, 0.05) is 0 Å². The highest BCUT2D eigenvalue weighted by atomic mass is 32.2. The molecule has 1 fully saturated rings. The van der Waals surface area contributed by atoms with Gasteiger partial charge < -0.3 is 4.74 Å². The minimum absolute atomic E-state index is 0.171. The number of ether oxygens (including phenoxy) is 1. The second-order valence-corrected chi connectivity index (χ2v) is 7.75. The molecule has 1 atom stereocenters. The molecule has 1 aromatic carbocycles. The molecule has 2 aromatic rings. The molecule has 7 heteroatoms. The summed E-state index contributed by atoms with van der Waals surface area (Å²) in [6, 6.07) is 9.88. The molecular weight excluding hydrogens is 322 g/mol. The molecule has 1 aromatic heterocycles. The van der Waals surface area contributed by atoms with Crippen LogP contribution in [0.1, 0.15) is 12.0 Å². The SMILES string of the molecule is Cc1ccccc1S(=O)(=O)N1C(=O)C[C@H]1COc1cccs1. The highest BCUT2D eigenvalue weighted by Crippen LogP contribution is 2.30. The fraction of sp³-hybridized carbons (Fsp3) is 0.267. The predicted octanol–water partition coefficient (Wildman–Crippen LogP) is 2.43. The van der Waals surface area contributed by atoms with Crippen LogP contribution in [0.15, 0.2) is 46.7 Å². The Bertz CT molecular complexity index is 784. The zero-order valence-corrected chi connectivity index (χ0v) is 13.6. The first-order chi connectivity index (χ1) is 10.5. The summed E-state index contributed by atoms with van der Waals surface area (Å²) in [6.07, 6.45) is 0.191. The van der Waals surface area contributed by atoms with Crippen LogP contribution in [0, 0.1) is 6.92 Å². The molecule has 0 radical (unpaired) electrons. The van der Waals surface area contributed by atoms with Crippen LogP contribution in [-0.2, 0) is 14.8 Å². The fourth-order valence-electron chi connectivity index (χ4n) is 2.40. The minimum Gasteiger partial charge on any atom is -0.482 e. The van der Waals surface area contributed by atoms with Crippen molar-refractivity contribution in [1.29, 1.82) is 0 Å². The molecule has 5 nitrogen and oxygen atoms in total. The number of hydrogen-bond acceptors (Lipinski definition) is 5. The zero-order chi connectivity index (χ0) is 15.7. The van der Waals surface area contributed by atoms with Crippen molar-refractivity contribution in [3.8, 4) is 5.06 Å². The summed E-state index contributed by atoms with van der Waals surface area (Å²) in [7, 11) is -3.82. The van der Waals surface area contributed by atoms with Crippen molar-refractivity contribution in [2.45, 2.75) is 24.3 Å². The molecule has 2 heterocycles. The van der Waals surface area contributed by atoms with Gasteiger partial charge in [-0.05, 0) is 36.1 Å². The van der Waals surface area contributed by atoms with Gasteiger partial charge in [-0.3, -0.25) is 4.79 Å². The molecule has 0 N–H and O–H groups in total. The number of carbonyl (C=O) groups is 1. The summed E-state index contributed by atoms with van der Waals surface area (Å²) < 4.78 is 31.8. The maximum Gasteiger partial charge on any atom is 0.267 e. The normalized spacial score (nSPS) is 18.1. The van der Waals surface area contributed by atoms with E-state index in [9.17, 15) is 13.2 Å². The number of β-lactam (4-membered cyclic amide) rings is 1. The molecule has 1 aliphatic rings. The first-order valence-electron chi connectivity index (χ1n) is 6.79. The molecule has 0 saturated carbocycles. The molecular formula is C15H15NO4S2. The third kappa shape index (κ3) is 2.62. The second-order valence-electron chi connectivity index (χ2n) is 5.06. The lowest BCUT2D eigenvalue weighted by atomic mass is 10.1. The van der Waals surface area contributed by atoms with E-state index in [1.54, 1.807) is 25.1 Å². The number of nitrogens with zero attached hydrogens (tertiary/aromatic N) is 1. The smallest absolute Gasteiger partial charge is 0.267 e. The molecule has 1 aliphatic heterocycles. The largest absolute Gasteiger partial charge is 0.482 e. The van der Waals surface area contributed by atoms with E-state index >= 15 is 0 Å².